The van der Waals surface area contributed by atoms with Crippen LogP contribution < -0.4 is 5.32 Å². The van der Waals surface area contributed by atoms with E-state index >= 15 is 0 Å². The number of anilines is 1. The number of hydrogen-bond acceptors (Lipinski definition) is 5. The Morgan fingerprint density at radius 3 is 2.88 bits per heavy atom. The van der Waals surface area contributed by atoms with Crippen LogP contribution in [0.15, 0.2) is 45.2 Å². The lowest BCUT2D eigenvalue weighted by Gasteiger charge is -2.07. The van der Waals surface area contributed by atoms with Crippen LogP contribution in [0.2, 0.25) is 0 Å². The molecule has 0 aliphatic heterocycles. The van der Waals surface area contributed by atoms with E-state index in [0.717, 1.165) is 26.9 Å². The molecule has 2 heterocycles. The van der Waals surface area contributed by atoms with E-state index in [2.05, 4.69) is 36.2 Å². The molecule has 0 atom stereocenters. The van der Waals surface area contributed by atoms with Gasteiger partial charge in [0, 0.05) is 12.7 Å². The van der Waals surface area contributed by atoms with Gasteiger partial charge in [-0.3, -0.25) is 0 Å². The van der Waals surface area contributed by atoms with Gasteiger partial charge in [-0.15, -0.1) is 0 Å². The zero-order chi connectivity index (χ0) is 12.1. The second-order valence-corrected chi connectivity index (χ2v) is 4.94. The van der Waals surface area contributed by atoms with E-state index in [1.54, 1.807) is 12.5 Å². The zero-order valence-corrected chi connectivity index (χ0v) is 11.6. The van der Waals surface area contributed by atoms with Gasteiger partial charge < -0.3 is 5.32 Å². The lowest BCUT2D eigenvalue weighted by molar-refractivity contribution is 1.00. The fourth-order valence-electron chi connectivity index (χ4n) is 1.22. The van der Waals surface area contributed by atoms with Crippen molar-refractivity contribution >= 4 is 33.5 Å². The normalized spacial score (nSPS) is 10.2. The van der Waals surface area contributed by atoms with Gasteiger partial charge in [0.1, 0.15) is 22.2 Å². The van der Waals surface area contributed by atoms with Gasteiger partial charge in [0.05, 0.1) is 4.47 Å². The second-order valence-electron chi connectivity index (χ2n) is 3.14. The second kappa shape index (κ2) is 5.97. The molecule has 0 saturated carbocycles. The fraction of sp³-hybridized carbons (Fsp3) is 0.182. The van der Waals surface area contributed by atoms with Crippen LogP contribution in [0.4, 0.5) is 5.82 Å². The van der Waals surface area contributed by atoms with E-state index in [0.29, 0.717) is 0 Å². The van der Waals surface area contributed by atoms with Crippen molar-refractivity contribution in [3.63, 3.8) is 0 Å². The molecular weight excluding hydrogens is 300 g/mol. The van der Waals surface area contributed by atoms with Gasteiger partial charge in [-0.25, -0.2) is 15.0 Å². The number of pyridine rings is 1. The van der Waals surface area contributed by atoms with E-state index < -0.39 is 0 Å². The summed E-state index contributed by atoms with van der Waals surface area (Å²) in [6.07, 6.45) is 3.32. The Labute approximate surface area is 112 Å². The summed E-state index contributed by atoms with van der Waals surface area (Å²) in [5, 5.41) is 4.94. The van der Waals surface area contributed by atoms with Crippen molar-refractivity contribution in [2.75, 3.05) is 11.9 Å². The monoisotopic (exact) mass is 310 g/mol. The molecule has 6 heteroatoms. The fourth-order valence-corrected chi connectivity index (χ4v) is 2.55. The van der Waals surface area contributed by atoms with Crippen LogP contribution in [0.5, 0.6) is 0 Å². The Bertz CT molecular complexity index is 492. The summed E-state index contributed by atoms with van der Waals surface area (Å²) in [5.41, 5.74) is 0. The standard InChI is InChI=1S/C11H11BrN4S/c1-2-13-10-9(12)11(16-7-15-10)17-8-5-3-4-6-14-8/h3-7H,2H2,1H3,(H,13,15,16). The summed E-state index contributed by atoms with van der Waals surface area (Å²) >= 11 is 5.01. The first-order chi connectivity index (χ1) is 8.31. The zero-order valence-electron chi connectivity index (χ0n) is 9.22. The Balaban J connectivity index is 2.24. The minimum atomic E-state index is 0.806. The average molecular weight is 311 g/mol. The maximum Gasteiger partial charge on any atom is 0.144 e. The molecule has 0 saturated heterocycles. The Hall–Kier alpha value is -1.14. The summed E-state index contributed by atoms with van der Waals surface area (Å²) < 4.78 is 0.873. The number of rotatable bonds is 4. The highest BCUT2D eigenvalue weighted by molar-refractivity contribution is 9.10. The minimum absolute atomic E-state index is 0.806. The molecule has 0 amide bonds. The molecule has 88 valence electrons. The first-order valence-corrected chi connectivity index (χ1v) is 6.75. The van der Waals surface area contributed by atoms with Crippen molar-refractivity contribution in [1.29, 1.82) is 0 Å². The van der Waals surface area contributed by atoms with E-state index in [1.165, 1.54) is 11.8 Å². The Morgan fingerprint density at radius 2 is 2.18 bits per heavy atom. The Morgan fingerprint density at radius 1 is 1.29 bits per heavy atom. The summed E-state index contributed by atoms with van der Waals surface area (Å²) in [5.74, 6) is 0.806. The number of nitrogens with one attached hydrogen (secondary N) is 1. The third-order valence-corrected chi connectivity index (χ3v) is 3.91. The van der Waals surface area contributed by atoms with Crippen molar-refractivity contribution in [1.82, 2.24) is 15.0 Å². The van der Waals surface area contributed by atoms with Crippen molar-refractivity contribution < 1.29 is 0 Å². The van der Waals surface area contributed by atoms with E-state index in [9.17, 15) is 0 Å². The molecule has 0 aliphatic carbocycles. The summed E-state index contributed by atoms with van der Waals surface area (Å²) in [4.78, 5) is 12.7. The van der Waals surface area contributed by atoms with Crippen LogP contribution in [0, 0.1) is 0 Å². The van der Waals surface area contributed by atoms with Crippen molar-refractivity contribution in [2.45, 2.75) is 17.0 Å². The third kappa shape index (κ3) is 3.17. The van der Waals surface area contributed by atoms with Gasteiger partial charge in [0.25, 0.3) is 0 Å². The molecule has 0 radical (unpaired) electrons. The first-order valence-electron chi connectivity index (χ1n) is 5.14. The quantitative estimate of drug-likeness (QED) is 0.879. The van der Waals surface area contributed by atoms with Crippen LogP contribution >= 0.6 is 27.7 Å². The lowest BCUT2D eigenvalue weighted by atomic mass is 10.5. The molecule has 4 nitrogen and oxygen atoms in total. The topological polar surface area (TPSA) is 50.7 Å². The van der Waals surface area contributed by atoms with E-state index in [1.807, 2.05) is 25.1 Å². The highest BCUT2D eigenvalue weighted by atomic mass is 79.9. The van der Waals surface area contributed by atoms with Crippen molar-refractivity contribution in [3.8, 4) is 0 Å². The average Bonchev–Trinajstić information content (AvgIpc) is 2.36. The van der Waals surface area contributed by atoms with Gasteiger partial charge in [-0.05, 0) is 46.7 Å². The number of hydrogen-bond donors (Lipinski definition) is 1. The van der Waals surface area contributed by atoms with Crippen molar-refractivity contribution in [2.24, 2.45) is 0 Å². The predicted molar refractivity (Wildman–Crippen MR) is 72.3 cm³/mol. The van der Waals surface area contributed by atoms with Crippen LogP contribution in [0.1, 0.15) is 6.92 Å². The third-order valence-electron chi connectivity index (χ3n) is 1.94. The smallest absolute Gasteiger partial charge is 0.144 e. The van der Waals surface area contributed by atoms with E-state index in [4.69, 9.17) is 0 Å². The molecule has 0 spiro atoms. The first kappa shape index (κ1) is 12.3. The van der Waals surface area contributed by atoms with Crippen molar-refractivity contribution in [3.05, 3.63) is 35.2 Å². The Kier molecular flexibility index (Phi) is 4.33. The maximum atomic E-state index is 4.25. The van der Waals surface area contributed by atoms with Crippen LogP contribution in [-0.2, 0) is 0 Å². The molecule has 0 aromatic carbocycles. The molecule has 2 aromatic rings. The van der Waals surface area contributed by atoms with E-state index in [-0.39, 0.29) is 0 Å². The molecule has 2 aromatic heterocycles. The highest BCUT2D eigenvalue weighted by Gasteiger charge is 2.09. The largest absolute Gasteiger partial charge is 0.369 e. The number of nitrogens with zero attached hydrogens (tertiary/aromatic N) is 3. The van der Waals surface area contributed by atoms with Gasteiger partial charge in [0.15, 0.2) is 0 Å². The molecule has 0 fully saturated rings. The molecule has 0 bridgehead atoms. The highest BCUT2D eigenvalue weighted by Crippen LogP contribution is 2.33. The van der Waals surface area contributed by atoms with Gasteiger partial charge in [0.2, 0.25) is 0 Å². The lowest BCUT2D eigenvalue weighted by Crippen LogP contribution is -2.01. The van der Waals surface area contributed by atoms with Crippen LogP contribution in [-0.4, -0.2) is 21.5 Å². The van der Waals surface area contributed by atoms with Crippen LogP contribution in [0.25, 0.3) is 0 Å². The molecule has 1 N–H and O–H groups in total. The molecule has 2 rings (SSSR count). The minimum Gasteiger partial charge on any atom is -0.369 e. The number of aromatic nitrogens is 3. The van der Waals surface area contributed by atoms with Gasteiger partial charge >= 0.3 is 0 Å². The molecule has 0 unspecified atom stereocenters. The maximum absolute atomic E-state index is 4.25. The molecule has 17 heavy (non-hydrogen) atoms. The van der Waals surface area contributed by atoms with Gasteiger partial charge in [-0.1, -0.05) is 6.07 Å². The molecule has 0 aliphatic rings. The summed E-state index contributed by atoms with van der Waals surface area (Å²) in [6, 6.07) is 5.80. The SMILES string of the molecule is CCNc1ncnc(Sc2ccccn2)c1Br. The predicted octanol–water partition coefficient (Wildman–Crippen LogP) is 3.22. The summed E-state index contributed by atoms with van der Waals surface area (Å²) in [7, 11) is 0. The molecular formula is C11H11BrN4S. The van der Waals surface area contributed by atoms with Gasteiger partial charge in [-0.2, -0.15) is 0 Å². The summed E-state index contributed by atoms with van der Waals surface area (Å²) in [6.45, 7) is 2.85. The van der Waals surface area contributed by atoms with Crippen LogP contribution in [0.3, 0.4) is 0 Å². The number of halogens is 1.